The van der Waals surface area contributed by atoms with Crippen LogP contribution in [0, 0.1) is 23.0 Å². The number of nitro benzene ring substituents is 1. The van der Waals surface area contributed by atoms with Crippen LogP contribution in [-0.2, 0) is 19.1 Å². The Morgan fingerprint density at radius 2 is 2.11 bits per heavy atom. The van der Waals surface area contributed by atoms with Gasteiger partial charge in [0.25, 0.3) is 11.6 Å². The zero-order valence-electron chi connectivity index (χ0n) is 15.9. The van der Waals surface area contributed by atoms with Crippen molar-refractivity contribution in [1.29, 1.82) is 0 Å². The zero-order valence-corrected chi connectivity index (χ0v) is 15.9. The topological polar surface area (TPSA) is 110 Å². The van der Waals surface area contributed by atoms with Gasteiger partial charge in [-0.15, -0.1) is 0 Å². The van der Waals surface area contributed by atoms with Crippen LogP contribution in [0.5, 0.6) is 0 Å². The van der Waals surface area contributed by atoms with E-state index in [2.05, 4.69) is 0 Å². The number of rotatable bonds is 5. The van der Waals surface area contributed by atoms with E-state index in [1.807, 2.05) is 4.90 Å². The molecule has 0 aromatic heterocycles. The highest BCUT2D eigenvalue weighted by atomic mass is 16.6. The van der Waals surface area contributed by atoms with Gasteiger partial charge in [-0.3, -0.25) is 29.4 Å². The molecule has 0 radical (unpaired) electrons. The number of likely N-dealkylation sites (tertiary alicyclic amines) is 1. The summed E-state index contributed by atoms with van der Waals surface area (Å²) in [5.41, 5.74) is 0.522. The third-order valence-electron chi connectivity index (χ3n) is 5.28. The SMILES string of the molecule is CCOC(=O)[C@@H]1CCCN([C@@H]2CC(=O)N(c3ccc(C)c([N+](=O)[O-])c3)C2=O)C1. The quantitative estimate of drug-likeness (QED) is 0.327. The highest BCUT2D eigenvalue weighted by molar-refractivity contribution is 6.22. The van der Waals surface area contributed by atoms with Gasteiger partial charge < -0.3 is 4.74 Å². The second-order valence-corrected chi connectivity index (χ2v) is 7.10. The molecule has 2 aliphatic heterocycles. The molecule has 0 bridgehead atoms. The second kappa shape index (κ2) is 8.05. The van der Waals surface area contributed by atoms with Crippen LogP contribution in [0.4, 0.5) is 11.4 Å². The van der Waals surface area contributed by atoms with Crippen LogP contribution in [0.3, 0.4) is 0 Å². The number of carbonyl (C=O) groups is 3. The summed E-state index contributed by atoms with van der Waals surface area (Å²) in [6.45, 7) is 4.62. The molecule has 3 rings (SSSR count). The van der Waals surface area contributed by atoms with Gasteiger partial charge in [0, 0.05) is 18.2 Å². The van der Waals surface area contributed by atoms with Gasteiger partial charge >= 0.3 is 5.97 Å². The molecule has 0 saturated carbocycles. The Bertz CT molecular complexity index is 824. The van der Waals surface area contributed by atoms with Crippen molar-refractivity contribution in [3.63, 3.8) is 0 Å². The summed E-state index contributed by atoms with van der Waals surface area (Å²) >= 11 is 0. The fourth-order valence-electron chi connectivity index (χ4n) is 3.85. The number of hydrogen-bond donors (Lipinski definition) is 0. The molecule has 0 aliphatic carbocycles. The van der Waals surface area contributed by atoms with E-state index in [4.69, 9.17) is 4.74 Å². The molecule has 2 amide bonds. The largest absolute Gasteiger partial charge is 0.466 e. The lowest BCUT2D eigenvalue weighted by molar-refractivity contribution is -0.385. The lowest BCUT2D eigenvalue weighted by Gasteiger charge is -2.34. The fraction of sp³-hybridized carbons (Fsp3) is 0.526. The molecule has 1 aromatic rings. The molecule has 9 heteroatoms. The summed E-state index contributed by atoms with van der Waals surface area (Å²) in [4.78, 5) is 51.1. The predicted octanol–water partition coefficient (Wildman–Crippen LogP) is 1.81. The number of ether oxygens (including phenoxy) is 1. The fourth-order valence-corrected chi connectivity index (χ4v) is 3.85. The molecule has 9 nitrogen and oxygen atoms in total. The Kier molecular flexibility index (Phi) is 5.73. The van der Waals surface area contributed by atoms with E-state index in [0.717, 1.165) is 11.3 Å². The third-order valence-corrected chi connectivity index (χ3v) is 5.28. The Morgan fingerprint density at radius 3 is 2.79 bits per heavy atom. The van der Waals surface area contributed by atoms with E-state index >= 15 is 0 Å². The van der Waals surface area contributed by atoms with Crippen LogP contribution in [-0.4, -0.2) is 53.3 Å². The Hall–Kier alpha value is -2.81. The van der Waals surface area contributed by atoms with Gasteiger partial charge in [0.05, 0.1) is 35.6 Å². The van der Waals surface area contributed by atoms with E-state index in [0.29, 0.717) is 31.7 Å². The number of anilines is 1. The zero-order chi connectivity index (χ0) is 20.4. The summed E-state index contributed by atoms with van der Waals surface area (Å²) in [6, 6.07) is 3.66. The lowest BCUT2D eigenvalue weighted by Crippen LogP contribution is -2.48. The molecule has 2 fully saturated rings. The Labute approximate surface area is 162 Å². The molecule has 0 spiro atoms. The number of hydrogen-bond acceptors (Lipinski definition) is 7. The first-order valence-corrected chi connectivity index (χ1v) is 9.36. The highest BCUT2D eigenvalue weighted by Crippen LogP contribution is 2.31. The van der Waals surface area contributed by atoms with Crippen molar-refractivity contribution in [1.82, 2.24) is 4.90 Å². The molecule has 2 heterocycles. The number of imide groups is 1. The highest BCUT2D eigenvalue weighted by Gasteiger charge is 2.44. The monoisotopic (exact) mass is 389 g/mol. The molecule has 2 saturated heterocycles. The van der Waals surface area contributed by atoms with Crippen molar-refractivity contribution >= 4 is 29.2 Å². The Morgan fingerprint density at radius 1 is 1.36 bits per heavy atom. The normalized spacial score (nSPS) is 23.1. The van der Waals surface area contributed by atoms with Crippen LogP contribution < -0.4 is 4.90 Å². The molecule has 0 N–H and O–H groups in total. The predicted molar refractivity (Wildman–Crippen MR) is 99.7 cm³/mol. The van der Waals surface area contributed by atoms with Gasteiger partial charge in [0.2, 0.25) is 5.91 Å². The first-order chi connectivity index (χ1) is 13.3. The van der Waals surface area contributed by atoms with Crippen molar-refractivity contribution in [2.45, 2.75) is 39.2 Å². The molecule has 2 aliphatic rings. The number of aryl methyl sites for hydroxylation is 1. The summed E-state index contributed by atoms with van der Waals surface area (Å²) in [6.07, 6.45) is 1.42. The maximum atomic E-state index is 13.0. The summed E-state index contributed by atoms with van der Waals surface area (Å²) in [5.74, 6) is -1.40. The van der Waals surface area contributed by atoms with E-state index < -0.39 is 22.8 Å². The smallest absolute Gasteiger partial charge is 0.310 e. The van der Waals surface area contributed by atoms with Gasteiger partial charge in [-0.25, -0.2) is 4.90 Å². The van der Waals surface area contributed by atoms with Gasteiger partial charge in [0.15, 0.2) is 0 Å². The number of esters is 1. The lowest BCUT2D eigenvalue weighted by atomic mass is 9.96. The van der Waals surface area contributed by atoms with Crippen molar-refractivity contribution < 1.29 is 24.0 Å². The maximum Gasteiger partial charge on any atom is 0.310 e. The summed E-state index contributed by atoms with van der Waals surface area (Å²) in [5, 5.41) is 11.2. The molecule has 1 aromatic carbocycles. The first-order valence-electron chi connectivity index (χ1n) is 9.36. The molecule has 2 atom stereocenters. The van der Waals surface area contributed by atoms with Gasteiger partial charge in [-0.1, -0.05) is 6.07 Å². The minimum atomic E-state index is -0.662. The van der Waals surface area contributed by atoms with E-state index in [-0.39, 0.29) is 29.7 Å². The first kappa shape index (κ1) is 19.9. The van der Waals surface area contributed by atoms with E-state index in [1.54, 1.807) is 13.8 Å². The number of nitrogens with zero attached hydrogens (tertiary/aromatic N) is 3. The molecule has 0 unspecified atom stereocenters. The van der Waals surface area contributed by atoms with Crippen molar-refractivity contribution in [3.8, 4) is 0 Å². The summed E-state index contributed by atoms with van der Waals surface area (Å²) < 4.78 is 5.09. The van der Waals surface area contributed by atoms with E-state index in [9.17, 15) is 24.5 Å². The average molecular weight is 389 g/mol. The van der Waals surface area contributed by atoms with Crippen molar-refractivity contribution in [3.05, 3.63) is 33.9 Å². The van der Waals surface area contributed by atoms with Crippen LogP contribution in [0.1, 0.15) is 31.7 Å². The minimum absolute atomic E-state index is 0.00392. The summed E-state index contributed by atoms with van der Waals surface area (Å²) in [7, 11) is 0. The number of nitro groups is 1. The van der Waals surface area contributed by atoms with Crippen molar-refractivity contribution in [2.75, 3.05) is 24.6 Å². The van der Waals surface area contributed by atoms with Crippen LogP contribution in [0.25, 0.3) is 0 Å². The third kappa shape index (κ3) is 3.75. The number of carbonyl (C=O) groups excluding carboxylic acids is 3. The number of amides is 2. The number of piperidine rings is 1. The van der Waals surface area contributed by atoms with Crippen LogP contribution >= 0.6 is 0 Å². The molecule has 28 heavy (non-hydrogen) atoms. The standard InChI is InChI=1S/C19H23N3O6/c1-3-28-19(25)13-5-4-8-20(11-13)16-10-17(23)21(18(16)24)14-7-6-12(2)15(9-14)22(26)27/h6-7,9,13,16H,3-5,8,10-11H2,1-2H3/t13-,16-/m1/s1. The van der Waals surface area contributed by atoms with Crippen molar-refractivity contribution in [2.24, 2.45) is 5.92 Å². The maximum absolute atomic E-state index is 13.0. The van der Waals surface area contributed by atoms with Gasteiger partial charge in [0.1, 0.15) is 0 Å². The van der Waals surface area contributed by atoms with Crippen LogP contribution in [0.15, 0.2) is 18.2 Å². The molecule has 150 valence electrons. The van der Waals surface area contributed by atoms with Crippen LogP contribution in [0.2, 0.25) is 0 Å². The van der Waals surface area contributed by atoms with E-state index in [1.165, 1.54) is 18.2 Å². The molecular weight excluding hydrogens is 366 g/mol. The second-order valence-electron chi connectivity index (χ2n) is 7.10. The van der Waals surface area contributed by atoms with Gasteiger partial charge in [-0.2, -0.15) is 0 Å². The molecular formula is C19H23N3O6. The minimum Gasteiger partial charge on any atom is -0.466 e. The average Bonchev–Trinajstić information content (AvgIpc) is 2.97. The Balaban J connectivity index is 1.79. The number of benzene rings is 1. The van der Waals surface area contributed by atoms with Gasteiger partial charge in [-0.05, 0) is 39.3 Å².